The van der Waals surface area contributed by atoms with E-state index in [9.17, 15) is 9.90 Å². The molecule has 2 aliphatic rings. The van der Waals surface area contributed by atoms with Gasteiger partial charge in [-0.25, -0.2) is 0 Å². The minimum atomic E-state index is 0.140. The number of benzene rings is 1. The molecule has 4 nitrogen and oxygen atoms in total. The minimum absolute atomic E-state index is 0.140. The average molecular weight is 364 g/mol. The lowest BCUT2D eigenvalue weighted by Crippen LogP contribution is -2.39. The predicted molar refractivity (Wildman–Crippen MR) is 106 cm³/mol. The summed E-state index contributed by atoms with van der Waals surface area (Å²) in [6.45, 7) is 7.15. The van der Waals surface area contributed by atoms with Gasteiger partial charge in [0.25, 0.3) is 5.91 Å². The van der Waals surface area contributed by atoms with Gasteiger partial charge in [0.2, 0.25) is 0 Å². The molecule has 2 atom stereocenters. The summed E-state index contributed by atoms with van der Waals surface area (Å²) in [6, 6.07) is 6.43. The Hall–Kier alpha value is -2.20. The van der Waals surface area contributed by atoms with Crippen LogP contribution in [0, 0.1) is 26.7 Å². The van der Waals surface area contributed by atoms with Crippen molar-refractivity contribution in [1.29, 1.82) is 0 Å². The van der Waals surface area contributed by atoms with Crippen molar-refractivity contribution in [1.82, 2.24) is 9.88 Å². The molecule has 1 N–H and O–H groups in total. The van der Waals surface area contributed by atoms with Gasteiger partial charge in [0, 0.05) is 42.6 Å². The van der Waals surface area contributed by atoms with E-state index in [0.717, 1.165) is 36.9 Å². The number of amides is 1. The molecule has 0 spiro atoms. The van der Waals surface area contributed by atoms with Gasteiger partial charge in [-0.3, -0.25) is 9.78 Å². The van der Waals surface area contributed by atoms with Gasteiger partial charge in [0.1, 0.15) is 0 Å². The van der Waals surface area contributed by atoms with Crippen molar-refractivity contribution in [2.45, 2.75) is 59.0 Å². The van der Waals surface area contributed by atoms with Gasteiger partial charge in [-0.15, -0.1) is 0 Å². The highest BCUT2D eigenvalue weighted by Gasteiger charge is 2.39. The molecule has 1 fully saturated rings. The number of pyridine rings is 1. The first-order valence-corrected chi connectivity index (χ1v) is 9.95. The van der Waals surface area contributed by atoms with Crippen molar-refractivity contribution in [3.8, 4) is 0 Å². The highest BCUT2D eigenvalue weighted by atomic mass is 16.3. The number of hydrogen-bond donors (Lipinski definition) is 1. The van der Waals surface area contributed by atoms with Crippen LogP contribution in [0.3, 0.4) is 0 Å². The summed E-state index contributed by atoms with van der Waals surface area (Å²) in [7, 11) is 0. The van der Waals surface area contributed by atoms with Crippen LogP contribution in [0.4, 0.5) is 0 Å². The smallest absolute Gasteiger partial charge is 0.254 e. The summed E-state index contributed by atoms with van der Waals surface area (Å²) in [5.41, 5.74) is 7.93. The molecule has 4 heteroatoms. The number of carbonyl (C=O) groups excluding carboxylic acids is 1. The number of carbonyl (C=O) groups is 1. The third-order valence-electron chi connectivity index (χ3n) is 6.58. The molecule has 1 amide bonds. The van der Waals surface area contributed by atoms with Crippen LogP contribution in [0.15, 0.2) is 24.4 Å². The van der Waals surface area contributed by atoms with Gasteiger partial charge in [-0.2, -0.15) is 0 Å². The van der Waals surface area contributed by atoms with Crippen LogP contribution in [-0.2, 0) is 13.0 Å². The summed E-state index contributed by atoms with van der Waals surface area (Å²) >= 11 is 0. The highest BCUT2D eigenvalue weighted by Crippen LogP contribution is 2.37. The minimum Gasteiger partial charge on any atom is -0.396 e. The second-order valence-electron chi connectivity index (χ2n) is 8.17. The van der Waals surface area contributed by atoms with Crippen LogP contribution in [-0.4, -0.2) is 33.5 Å². The first-order chi connectivity index (χ1) is 13.0. The van der Waals surface area contributed by atoms with Gasteiger partial charge in [0.05, 0.1) is 0 Å². The van der Waals surface area contributed by atoms with Crippen molar-refractivity contribution >= 4 is 5.91 Å². The second-order valence-corrected chi connectivity index (χ2v) is 8.17. The summed E-state index contributed by atoms with van der Waals surface area (Å²) < 4.78 is 0. The molecule has 1 aromatic heterocycles. The van der Waals surface area contributed by atoms with E-state index in [2.05, 4.69) is 31.0 Å². The van der Waals surface area contributed by atoms with E-state index < -0.39 is 0 Å². The number of rotatable bonds is 4. The monoisotopic (exact) mass is 364 g/mol. The summed E-state index contributed by atoms with van der Waals surface area (Å²) in [5, 5.41) is 9.68. The Morgan fingerprint density at radius 3 is 2.70 bits per heavy atom. The number of aryl methyl sites for hydroxylation is 1. The SMILES string of the molecule is Cc1ccc(Cc2cc3c(c(C)c2C)CN([C@H]2CCC[C@@H]2CO)C3=O)cn1. The maximum atomic E-state index is 13.2. The molecule has 27 heavy (non-hydrogen) atoms. The van der Waals surface area contributed by atoms with Crippen molar-refractivity contribution in [3.63, 3.8) is 0 Å². The fraction of sp³-hybridized carbons (Fsp3) is 0.478. The number of hydrogen-bond acceptors (Lipinski definition) is 3. The molecule has 0 bridgehead atoms. The zero-order valence-electron chi connectivity index (χ0n) is 16.5. The Morgan fingerprint density at radius 1 is 1.19 bits per heavy atom. The normalized spacial score (nSPS) is 21.8. The largest absolute Gasteiger partial charge is 0.396 e. The maximum absolute atomic E-state index is 13.2. The molecule has 1 saturated carbocycles. The molecule has 1 aromatic carbocycles. The molecule has 0 unspecified atom stereocenters. The fourth-order valence-electron chi connectivity index (χ4n) is 4.75. The Kier molecular flexibility index (Phi) is 4.77. The second kappa shape index (κ2) is 7.08. The van der Waals surface area contributed by atoms with E-state index in [-0.39, 0.29) is 24.5 Å². The van der Waals surface area contributed by atoms with Crippen LogP contribution < -0.4 is 0 Å². The molecular weight excluding hydrogens is 336 g/mol. The van der Waals surface area contributed by atoms with Crippen LogP contribution in [0.1, 0.15) is 63.1 Å². The average Bonchev–Trinajstić information content (AvgIpc) is 3.26. The molecule has 142 valence electrons. The van der Waals surface area contributed by atoms with Gasteiger partial charge < -0.3 is 10.0 Å². The highest BCUT2D eigenvalue weighted by molar-refractivity contribution is 5.99. The fourth-order valence-corrected chi connectivity index (χ4v) is 4.75. The van der Waals surface area contributed by atoms with E-state index >= 15 is 0 Å². The van der Waals surface area contributed by atoms with Crippen molar-refractivity contribution in [2.75, 3.05) is 6.61 Å². The van der Waals surface area contributed by atoms with E-state index in [1.165, 1.54) is 27.8 Å². The Morgan fingerprint density at radius 2 is 2.00 bits per heavy atom. The Bertz CT molecular complexity index is 873. The van der Waals surface area contributed by atoms with E-state index in [4.69, 9.17) is 0 Å². The van der Waals surface area contributed by atoms with Crippen molar-refractivity contribution in [2.24, 2.45) is 5.92 Å². The van der Waals surface area contributed by atoms with Crippen LogP contribution in [0.25, 0.3) is 0 Å². The quantitative estimate of drug-likeness (QED) is 0.900. The van der Waals surface area contributed by atoms with E-state index in [1.807, 2.05) is 24.1 Å². The first-order valence-electron chi connectivity index (χ1n) is 9.95. The van der Waals surface area contributed by atoms with Crippen molar-refractivity contribution in [3.05, 3.63) is 63.5 Å². The summed E-state index contributed by atoms with van der Waals surface area (Å²) in [6.07, 6.45) is 5.84. The molecule has 0 radical (unpaired) electrons. The van der Waals surface area contributed by atoms with Crippen LogP contribution in [0.2, 0.25) is 0 Å². The molecule has 2 aromatic rings. The van der Waals surface area contributed by atoms with Crippen molar-refractivity contribution < 1.29 is 9.90 Å². The number of aromatic nitrogens is 1. The third-order valence-corrected chi connectivity index (χ3v) is 6.58. The molecule has 1 aliphatic heterocycles. The molecular formula is C23H28N2O2. The lowest BCUT2D eigenvalue weighted by Gasteiger charge is -2.28. The van der Waals surface area contributed by atoms with Gasteiger partial charge in [-0.1, -0.05) is 12.5 Å². The summed E-state index contributed by atoms with van der Waals surface area (Å²) in [5.74, 6) is 0.365. The molecule has 1 aliphatic carbocycles. The van der Waals surface area contributed by atoms with Gasteiger partial charge in [0.15, 0.2) is 0 Å². The van der Waals surface area contributed by atoms with E-state index in [0.29, 0.717) is 6.54 Å². The first kappa shape index (κ1) is 18.2. The summed E-state index contributed by atoms with van der Waals surface area (Å²) in [4.78, 5) is 19.6. The lowest BCUT2D eigenvalue weighted by molar-refractivity contribution is 0.0612. The third kappa shape index (κ3) is 3.16. The lowest BCUT2D eigenvalue weighted by atomic mass is 9.91. The molecule has 0 saturated heterocycles. The number of aliphatic hydroxyl groups is 1. The zero-order chi connectivity index (χ0) is 19.1. The number of aliphatic hydroxyl groups excluding tert-OH is 1. The molecule has 4 rings (SSSR count). The molecule has 2 heterocycles. The number of nitrogens with zero attached hydrogens (tertiary/aromatic N) is 2. The van der Waals surface area contributed by atoms with Crippen LogP contribution >= 0.6 is 0 Å². The van der Waals surface area contributed by atoms with Gasteiger partial charge >= 0.3 is 0 Å². The van der Waals surface area contributed by atoms with Crippen LogP contribution in [0.5, 0.6) is 0 Å². The van der Waals surface area contributed by atoms with E-state index in [1.54, 1.807) is 0 Å². The maximum Gasteiger partial charge on any atom is 0.254 e. The predicted octanol–water partition coefficient (Wildman–Crippen LogP) is 3.71. The Balaban J connectivity index is 1.66. The van der Waals surface area contributed by atoms with Gasteiger partial charge in [-0.05, 0) is 80.0 Å². The number of fused-ring (bicyclic) bond motifs is 1. The zero-order valence-corrected chi connectivity index (χ0v) is 16.5. The standard InChI is InChI=1S/C23H28N2O2/c1-14-7-8-17(11-24-14)9-19-10-20-21(16(3)15(19)2)12-25(23(20)27)22-6-4-5-18(22)13-26/h7-8,10-11,18,22,26H,4-6,9,12-13H2,1-3H3/t18-,22+/m1/s1. The Labute approximate surface area is 161 Å². The topological polar surface area (TPSA) is 53.4 Å².